The summed E-state index contributed by atoms with van der Waals surface area (Å²) in [6.07, 6.45) is 1.33. The van der Waals surface area contributed by atoms with Crippen molar-refractivity contribution in [1.29, 1.82) is 0 Å². The molecule has 2 aromatic rings. The van der Waals surface area contributed by atoms with Crippen molar-refractivity contribution in [1.82, 2.24) is 15.0 Å². The number of hydrogen-bond donors (Lipinski definition) is 1. The summed E-state index contributed by atoms with van der Waals surface area (Å²) in [7, 11) is 0. The van der Waals surface area contributed by atoms with Crippen LogP contribution in [0.4, 0.5) is 8.78 Å². The lowest BCUT2D eigenvalue weighted by Crippen LogP contribution is -1.99. The number of hydrogen-bond acceptors (Lipinski definition) is 3. The third-order valence-corrected chi connectivity index (χ3v) is 1.86. The molecule has 0 saturated carbocycles. The van der Waals surface area contributed by atoms with Crippen molar-refractivity contribution < 1.29 is 13.9 Å². The van der Waals surface area contributed by atoms with Gasteiger partial charge in [0.2, 0.25) is 0 Å². The van der Waals surface area contributed by atoms with E-state index in [4.69, 9.17) is 5.11 Å². The summed E-state index contributed by atoms with van der Waals surface area (Å²) in [5, 5.41) is 15.9. The standard InChI is InChI=1S/C9H7F2N3O/c10-6-1-2-8(11)9(3-6)14-4-7(5-15)12-13-14/h1-4,15H,5H2. The van der Waals surface area contributed by atoms with Crippen molar-refractivity contribution in [2.45, 2.75) is 6.61 Å². The highest BCUT2D eigenvalue weighted by Gasteiger charge is 2.08. The van der Waals surface area contributed by atoms with Gasteiger partial charge in [-0.05, 0) is 12.1 Å². The lowest BCUT2D eigenvalue weighted by Gasteiger charge is -2.01. The van der Waals surface area contributed by atoms with Crippen molar-refractivity contribution in [3.05, 3.63) is 41.7 Å². The molecule has 0 saturated heterocycles. The highest BCUT2D eigenvalue weighted by Crippen LogP contribution is 2.13. The number of rotatable bonds is 2. The molecule has 0 atom stereocenters. The van der Waals surface area contributed by atoms with Crippen LogP contribution in [0.5, 0.6) is 0 Å². The molecule has 6 heteroatoms. The van der Waals surface area contributed by atoms with E-state index in [1.54, 1.807) is 0 Å². The van der Waals surface area contributed by atoms with Crippen molar-refractivity contribution in [3.63, 3.8) is 0 Å². The number of aliphatic hydroxyl groups is 1. The van der Waals surface area contributed by atoms with Crippen LogP contribution in [0.2, 0.25) is 0 Å². The van der Waals surface area contributed by atoms with Crippen LogP contribution >= 0.6 is 0 Å². The van der Waals surface area contributed by atoms with Crippen molar-refractivity contribution in [2.75, 3.05) is 0 Å². The quantitative estimate of drug-likeness (QED) is 0.807. The van der Waals surface area contributed by atoms with Crippen LogP contribution in [-0.4, -0.2) is 20.1 Å². The molecule has 1 heterocycles. The largest absolute Gasteiger partial charge is 0.390 e. The van der Waals surface area contributed by atoms with Crippen LogP contribution in [0.25, 0.3) is 5.69 Å². The number of halogens is 2. The van der Waals surface area contributed by atoms with E-state index in [0.717, 1.165) is 22.9 Å². The van der Waals surface area contributed by atoms with Gasteiger partial charge in [-0.2, -0.15) is 0 Å². The summed E-state index contributed by atoms with van der Waals surface area (Å²) in [5.41, 5.74) is 0.251. The maximum Gasteiger partial charge on any atom is 0.149 e. The molecule has 78 valence electrons. The summed E-state index contributed by atoms with van der Waals surface area (Å²) in [6, 6.07) is 3.03. The highest BCUT2D eigenvalue weighted by molar-refractivity contribution is 5.32. The summed E-state index contributed by atoms with van der Waals surface area (Å²) in [6.45, 7) is -0.295. The first-order valence-electron chi connectivity index (χ1n) is 4.18. The molecule has 0 aliphatic rings. The Morgan fingerprint density at radius 1 is 1.33 bits per heavy atom. The minimum Gasteiger partial charge on any atom is -0.390 e. The molecule has 1 aromatic carbocycles. The summed E-state index contributed by atoms with van der Waals surface area (Å²) in [5.74, 6) is -1.17. The lowest BCUT2D eigenvalue weighted by molar-refractivity contribution is 0.276. The summed E-state index contributed by atoms with van der Waals surface area (Å²) < 4.78 is 27.2. The van der Waals surface area contributed by atoms with Gasteiger partial charge < -0.3 is 5.11 Å². The molecular weight excluding hydrogens is 204 g/mol. The SMILES string of the molecule is OCc1cn(-c2cc(F)ccc2F)nn1. The molecular formula is C9H7F2N3O. The molecule has 4 nitrogen and oxygen atoms in total. The Balaban J connectivity index is 2.48. The van der Waals surface area contributed by atoms with E-state index in [-0.39, 0.29) is 12.3 Å². The molecule has 0 aliphatic heterocycles. The molecule has 0 radical (unpaired) electrons. The van der Waals surface area contributed by atoms with Crippen LogP contribution in [0, 0.1) is 11.6 Å². The zero-order valence-corrected chi connectivity index (χ0v) is 7.56. The van der Waals surface area contributed by atoms with E-state index in [9.17, 15) is 8.78 Å². The molecule has 0 amide bonds. The Bertz CT molecular complexity index is 484. The zero-order valence-electron chi connectivity index (χ0n) is 7.56. The van der Waals surface area contributed by atoms with Crippen LogP contribution in [0.3, 0.4) is 0 Å². The Kier molecular flexibility index (Phi) is 2.42. The number of aromatic nitrogens is 3. The van der Waals surface area contributed by atoms with Crippen LogP contribution in [0.15, 0.2) is 24.4 Å². The average molecular weight is 211 g/mol. The second kappa shape index (κ2) is 3.74. The molecule has 0 aliphatic carbocycles. The third kappa shape index (κ3) is 1.84. The molecule has 0 spiro atoms. The van der Waals surface area contributed by atoms with Crippen molar-refractivity contribution >= 4 is 0 Å². The van der Waals surface area contributed by atoms with Gasteiger partial charge in [0.05, 0.1) is 12.8 Å². The van der Waals surface area contributed by atoms with E-state index in [0.29, 0.717) is 5.69 Å². The highest BCUT2D eigenvalue weighted by atomic mass is 19.1. The van der Waals surface area contributed by atoms with E-state index in [2.05, 4.69) is 10.3 Å². The van der Waals surface area contributed by atoms with Gasteiger partial charge in [0, 0.05) is 6.07 Å². The average Bonchev–Trinajstić information content (AvgIpc) is 2.70. The Morgan fingerprint density at radius 3 is 2.80 bits per heavy atom. The van der Waals surface area contributed by atoms with Crippen LogP contribution in [-0.2, 0) is 6.61 Å². The Morgan fingerprint density at radius 2 is 2.13 bits per heavy atom. The molecule has 1 aromatic heterocycles. The van der Waals surface area contributed by atoms with Crippen molar-refractivity contribution in [2.24, 2.45) is 0 Å². The molecule has 0 bridgehead atoms. The first-order chi connectivity index (χ1) is 7.20. The predicted octanol–water partition coefficient (Wildman–Crippen LogP) is 1.04. The summed E-state index contributed by atoms with van der Waals surface area (Å²) >= 11 is 0. The molecule has 0 unspecified atom stereocenters. The van der Waals surface area contributed by atoms with Gasteiger partial charge in [0.1, 0.15) is 23.0 Å². The van der Waals surface area contributed by atoms with Gasteiger partial charge in [0.25, 0.3) is 0 Å². The van der Waals surface area contributed by atoms with E-state index in [1.807, 2.05) is 0 Å². The van der Waals surface area contributed by atoms with Crippen LogP contribution in [0.1, 0.15) is 5.69 Å². The molecule has 1 N–H and O–H groups in total. The minimum absolute atomic E-state index is 0.0396. The number of nitrogens with zero attached hydrogens (tertiary/aromatic N) is 3. The van der Waals surface area contributed by atoms with Crippen LogP contribution < -0.4 is 0 Å². The smallest absolute Gasteiger partial charge is 0.149 e. The second-order valence-corrected chi connectivity index (χ2v) is 2.91. The van der Waals surface area contributed by atoms with E-state index >= 15 is 0 Å². The second-order valence-electron chi connectivity index (χ2n) is 2.91. The van der Waals surface area contributed by atoms with Gasteiger partial charge in [-0.1, -0.05) is 5.21 Å². The predicted molar refractivity (Wildman–Crippen MR) is 47.2 cm³/mol. The van der Waals surface area contributed by atoms with Gasteiger partial charge in [-0.15, -0.1) is 5.10 Å². The zero-order chi connectivity index (χ0) is 10.8. The van der Waals surface area contributed by atoms with Gasteiger partial charge in [-0.25, -0.2) is 13.5 Å². The molecule has 2 rings (SSSR count). The fourth-order valence-corrected chi connectivity index (χ4v) is 1.15. The lowest BCUT2D eigenvalue weighted by atomic mass is 10.3. The van der Waals surface area contributed by atoms with Gasteiger partial charge in [0.15, 0.2) is 0 Å². The first-order valence-corrected chi connectivity index (χ1v) is 4.18. The fraction of sp³-hybridized carbons (Fsp3) is 0.111. The first kappa shape index (κ1) is 9.72. The molecule has 0 fully saturated rings. The molecule has 15 heavy (non-hydrogen) atoms. The van der Waals surface area contributed by atoms with E-state index < -0.39 is 11.6 Å². The van der Waals surface area contributed by atoms with Gasteiger partial charge in [-0.3, -0.25) is 0 Å². The Hall–Kier alpha value is -1.82. The number of aliphatic hydroxyl groups excluding tert-OH is 1. The normalized spacial score (nSPS) is 10.6. The topological polar surface area (TPSA) is 50.9 Å². The minimum atomic E-state index is -0.606. The summed E-state index contributed by atoms with van der Waals surface area (Å²) in [4.78, 5) is 0. The maximum absolute atomic E-state index is 13.3. The third-order valence-electron chi connectivity index (χ3n) is 1.86. The monoisotopic (exact) mass is 211 g/mol. The maximum atomic E-state index is 13.3. The Labute approximate surface area is 83.8 Å². The number of benzene rings is 1. The van der Waals surface area contributed by atoms with Gasteiger partial charge >= 0.3 is 0 Å². The fourth-order valence-electron chi connectivity index (χ4n) is 1.15. The van der Waals surface area contributed by atoms with Crippen molar-refractivity contribution in [3.8, 4) is 5.69 Å². The van der Waals surface area contributed by atoms with E-state index in [1.165, 1.54) is 6.20 Å².